The van der Waals surface area contributed by atoms with Crippen molar-refractivity contribution in [1.29, 1.82) is 0 Å². The number of anilines is 1. The fourth-order valence-corrected chi connectivity index (χ4v) is 1.80. The van der Waals surface area contributed by atoms with E-state index in [9.17, 15) is 14.3 Å². The van der Waals surface area contributed by atoms with Gasteiger partial charge in [0, 0.05) is 6.54 Å². The minimum absolute atomic E-state index is 0.0443. The lowest BCUT2D eigenvalue weighted by Crippen LogP contribution is -2.22. The molecule has 1 atom stereocenters. The third kappa shape index (κ3) is 4.38. The van der Waals surface area contributed by atoms with E-state index in [-0.39, 0.29) is 22.3 Å². The van der Waals surface area contributed by atoms with Gasteiger partial charge in [-0.3, -0.25) is 4.79 Å². The first-order chi connectivity index (χ1) is 7.90. The van der Waals surface area contributed by atoms with Crippen molar-refractivity contribution in [1.82, 2.24) is 0 Å². The molecule has 3 N–H and O–H groups in total. The summed E-state index contributed by atoms with van der Waals surface area (Å²) in [5, 5.41) is 20.6. The molecule has 0 saturated heterocycles. The number of halogens is 3. The van der Waals surface area contributed by atoms with Crippen molar-refractivity contribution in [3.05, 3.63) is 28.0 Å². The van der Waals surface area contributed by atoms with Crippen LogP contribution in [0.5, 0.6) is 0 Å². The Kier molecular flexibility index (Phi) is 4.99. The largest absolute Gasteiger partial charge is 0.481 e. The second-order valence-corrected chi connectivity index (χ2v) is 4.19. The molecular weight excluding hydrogens is 272 g/mol. The van der Waals surface area contributed by atoms with Gasteiger partial charge in [0.25, 0.3) is 0 Å². The maximum atomic E-state index is 12.9. The maximum Gasteiger partial charge on any atom is 0.306 e. The molecule has 1 aromatic carbocycles. The Labute approximate surface area is 107 Å². The van der Waals surface area contributed by atoms with Gasteiger partial charge in [0.1, 0.15) is 5.82 Å². The summed E-state index contributed by atoms with van der Waals surface area (Å²) in [5.41, 5.74) is 0.263. The Morgan fingerprint density at radius 1 is 1.41 bits per heavy atom. The van der Waals surface area contributed by atoms with E-state index in [2.05, 4.69) is 5.32 Å². The zero-order valence-corrected chi connectivity index (χ0v) is 10.1. The molecule has 0 heterocycles. The summed E-state index contributed by atoms with van der Waals surface area (Å²) < 4.78 is 12.9. The van der Waals surface area contributed by atoms with Gasteiger partial charge in [-0.1, -0.05) is 23.2 Å². The Bertz CT molecular complexity index is 405. The molecular formula is C10H10Cl2FNO3. The van der Waals surface area contributed by atoms with Crippen molar-refractivity contribution in [2.24, 2.45) is 0 Å². The molecule has 0 aliphatic rings. The lowest BCUT2D eigenvalue weighted by Gasteiger charge is -2.13. The number of carbonyl (C=O) groups is 1. The topological polar surface area (TPSA) is 69.6 Å². The average molecular weight is 282 g/mol. The number of aliphatic hydroxyl groups is 1. The third-order valence-corrected chi connectivity index (χ3v) is 2.53. The van der Waals surface area contributed by atoms with E-state index in [1.54, 1.807) is 0 Å². The van der Waals surface area contributed by atoms with E-state index in [1.807, 2.05) is 0 Å². The minimum Gasteiger partial charge on any atom is -0.481 e. The third-order valence-electron chi connectivity index (χ3n) is 1.93. The molecule has 0 amide bonds. The van der Waals surface area contributed by atoms with Gasteiger partial charge in [0.2, 0.25) is 0 Å². The van der Waals surface area contributed by atoms with E-state index in [4.69, 9.17) is 28.3 Å². The Morgan fingerprint density at radius 2 is 1.94 bits per heavy atom. The summed E-state index contributed by atoms with van der Waals surface area (Å²) in [6, 6.07) is 2.14. The predicted molar refractivity (Wildman–Crippen MR) is 63.2 cm³/mol. The van der Waals surface area contributed by atoms with E-state index in [1.165, 1.54) is 0 Å². The van der Waals surface area contributed by atoms with E-state index >= 15 is 0 Å². The highest BCUT2D eigenvalue weighted by molar-refractivity contribution is 6.39. The van der Waals surface area contributed by atoms with Crippen LogP contribution in [0, 0.1) is 5.82 Å². The van der Waals surface area contributed by atoms with Crippen LogP contribution in [0.1, 0.15) is 6.42 Å². The van der Waals surface area contributed by atoms with Crippen molar-refractivity contribution < 1.29 is 19.4 Å². The number of benzene rings is 1. The second-order valence-electron chi connectivity index (χ2n) is 3.38. The molecule has 0 aromatic heterocycles. The normalized spacial score (nSPS) is 12.2. The predicted octanol–water partition coefficient (Wildman–Crippen LogP) is 2.38. The van der Waals surface area contributed by atoms with Gasteiger partial charge in [-0.05, 0) is 12.1 Å². The molecule has 0 fully saturated rings. The summed E-state index contributed by atoms with van der Waals surface area (Å²) >= 11 is 11.5. The van der Waals surface area contributed by atoms with Crippen LogP contribution in [-0.4, -0.2) is 28.8 Å². The summed E-state index contributed by atoms with van der Waals surface area (Å²) in [5.74, 6) is -1.69. The number of hydrogen-bond donors (Lipinski definition) is 3. The number of hydrogen-bond acceptors (Lipinski definition) is 3. The van der Waals surface area contributed by atoms with Crippen molar-refractivity contribution in [3.8, 4) is 0 Å². The lowest BCUT2D eigenvalue weighted by molar-refractivity contribution is -0.138. The van der Waals surface area contributed by atoms with Gasteiger partial charge in [0.05, 0.1) is 28.3 Å². The average Bonchev–Trinajstić information content (AvgIpc) is 2.14. The number of nitrogens with one attached hydrogen (secondary N) is 1. The van der Waals surface area contributed by atoms with Gasteiger partial charge in [-0.15, -0.1) is 0 Å². The van der Waals surface area contributed by atoms with Gasteiger partial charge in [0.15, 0.2) is 0 Å². The number of rotatable bonds is 5. The summed E-state index contributed by atoms with van der Waals surface area (Å²) in [6.45, 7) is -0.0443. The Hall–Kier alpha value is -1.04. The monoisotopic (exact) mass is 281 g/mol. The zero-order valence-electron chi connectivity index (χ0n) is 8.58. The summed E-state index contributed by atoms with van der Waals surface area (Å²) in [4.78, 5) is 10.3. The molecule has 0 aliphatic carbocycles. The quantitative estimate of drug-likeness (QED) is 0.775. The van der Waals surface area contributed by atoms with Crippen molar-refractivity contribution >= 4 is 34.9 Å². The highest BCUT2D eigenvalue weighted by atomic mass is 35.5. The van der Waals surface area contributed by atoms with Crippen LogP contribution < -0.4 is 5.32 Å². The van der Waals surface area contributed by atoms with Crippen LogP contribution in [0.15, 0.2) is 12.1 Å². The molecule has 17 heavy (non-hydrogen) atoms. The van der Waals surface area contributed by atoms with Crippen LogP contribution in [0.3, 0.4) is 0 Å². The fraction of sp³-hybridized carbons (Fsp3) is 0.300. The highest BCUT2D eigenvalue weighted by Crippen LogP contribution is 2.31. The molecule has 4 nitrogen and oxygen atoms in total. The van der Waals surface area contributed by atoms with Crippen LogP contribution in [0.25, 0.3) is 0 Å². The van der Waals surface area contributed by atoms with Gasteiger partial charge >= 0.3 is 5.97 Å². The molecule has 0 aliphatic heterocycles. The van der Waals surface area contributed by atoms with Gasteiger partial charge in [-0.2, -0.15) is 0 Å². The fourth-order valence-electron chi connectivity index (χ4n) is 1.20. The zero-order chi connectivity index (χ0) is 13.0. The lowest BCUT2D eigenvalue weighted by atomic mass is 10.2. The first kappa shape index (κ1) is 14.0. The second kappa shape index (κ2) is 6.05. The first-order valence-corrected chi connectivity index (χ1v) is 5.44. The van der Waals surface area contributed by atoms with E-state index in [0.29, 0.717) is 0 Å². The molecule has 1 aromatic rings. The molecule has 0 spiro atoms. The van der Waals surface area contributed by atoms with Crippen molar-refractivity contribution in [2.45, 2.75) is 12.5 Å². The van der Waals surface area contributed by atoms with Crippen LogP contribution in [0.4, 0.5) is 10.1 Å². The molecule has 0 bridgehead atoms. The van der Waals surface area contributed by atoms with Crippen LogP contribution in [-0.2, 0) is 4.79 Å². The number of carboxylic acid groups (broad SMARTS) is 1. The van der Waals surface area contributed by atoms with E-state index in [0.717, 1.165) is 12.1 Å². The SMILES string of the molecule is O=C(O)CC(O)CNc1c(Cl)cc(F)cc1Cl. The number of aliphatic carboxylic acids is 1. The number of carboxylic acids is 1. The smallest absolute Gasteiger partial charge is 0.306 e. The highest BCUT2D eigenvalue weighted by Gasteiger charge is 2.12. The van der Waals surface area contributed by atoms with Gasteiger partial charge in [-0.25, -0.2) is 4.39 Å². The number of aliphatic hydroxyl groups excluding tert-OH is 1. The standard InChI is InChI=1S/C10H10Cl2FNO3/c11-7-1-5(13)2-8(12)10(7)14-4-6(15)3-9(16)17/h1-2,6,14-15H,3-4H2,(H,16,17). The summed E-state index contributed by atoms with van der Waals surface area (Å²) in [7, 11) is 0. The summed E-state index contributed by atoms with van der Waals surface area (Å²) in [6.07, 6.45) is -1.48. The van der Waals surface area contributed by atoms with Crippen molar-refractivity contribution in [3.63, 3.8) is 0 Å². The molecule has 0 saturated carbocycles. The van der Waals surface area contributed by atoms with Gasteiger partial charge < -0.3 is 15.5 Å². The molecule has 1 rings (SSSR count). The van der Waals surface area contributed by atoms with Crippen LogP contribution in [0.2, 0.25) is 10.0 Å². The Morgan fingerprint density at radius 3 is 2.41 bits per heavy atom. The molecule has 7 heteroatoms. The van der Waals surface area contributed by atoms with Crippen LogP contribution >= 0.6 is 23.2 Å². The maximum absolute atomic E-state index is 12.9. The molecule has 94 valence electrons. The first-order valence-electron chi connectivity index (χ1n) is 4.68. The minimum atomic E-state index is -1.12. The molecule has 1 unspecified atom stereocenters. The molecule has 0 radical (unpaired) electrons. The van der Waals surface area contributed by atoms with Crippen molar-refractivity contribution in [2.75, 3.05) is 11.9 Å². The Balaban J connectivity index is 2.66. The van der Waals surface area contributed by atoms with E-state index < -0.39 is 24.3 Å².